The van der Waals surface area contributed by atoms with Crippen LogP contribution in [0.15, 0.2) is 91.0 Å². The molecule has 0 aromatic heterocycles. The number of rotatable bonds is 17. The summed E-state index contributed by atoms with van der Waals surface area (Å²) in [6.45, 7) is 11.4. The first kappa shape index (κ1) is 42.0. The van der Waals surface area contributed by atoms with Crippen LogP contribution in [0.3, 0.4) is 0 Å². The quantitative estimate of drug-likeness (QED) is 0.0854. The second kappa shape index (κ2) is 19.1. The molecule has 9 heteroatoms. The summed E-state index contributed by atoms with van der Waals surface area (Å²) in [6, 6.07) is 29.9. The lowest BCUT2D eigenvalue weighted by atomic mass is 9.80. The highest BCUT2D eigenvalue weighted by Crippen LogP contribution is 2.42. The Morgan fingerprint density at radius 3 is 1.86 bits per heavy atom. The van der Waals surface area contributed by atoms with Crippen molar-refractivity contribution in [2.24, 2.45) is 0 Å². The molecule has 1 N–H and O–H groups in total. The Labute approximate surface area is 332 Å². The number of hydrogen-bond acceptors (Lipinski definition) is 7. The summed E-state index contributed by atoms with van der Waals surface area (Å²) in [5.74, 6) is 1.47. The van der Waals surface area contributed by atoms with Gasteiger partial charge in [-0.2, -0.15) is 0 Å². The normalized spacial score (nSPS) is 15.6. The number of methoxy groups -OCH3 is 2. The minimum absolute atomic E-state index is 0.0276. The molecule has 0 aliphatic carbocycles. The van der Waals surface area contributed by atoms with E-state index in [1.165, 1.54) is 23.7 Å². The van der Waals surface area contributed by atoms with Crippen LogP contribution in [0.4, 0.5) is 0 Å². The average Bonchev–Trinajstić information content (AvgIpc) is 3.62. The van der Waals surface area contributed by atoms with Gasteiger partial charge in [0.05, 0.1) is 39.8 Å². The van der Waals surface area contributed by atoms with Gasteiger partial charge >= 0.3 is 5.97 Å². The number of amides is 2. The maximum atomic E-state index is 14.3. The molecule has 1 heterocycles. The highest BCUT2D eigenvalue weighted by molar-refractivity contribution is 5.81. The van der Waals surface area contributed by atoms with Gasteiger partial charge in [-0.15, -0.1) is 0 Å². The van der Waals surface area contributed by atoms with Crippen molar-refractivity contribution in [2.75, 3.05) is 34.4 Å². The molecule has 9 nitrogen and oxygen atoms in total. The van der Waals surface area contributed by atoms with E-state index < -0.39 is 23.7 Å². The number of carbonyl (C=O) groups is 3. The predicted octanol–water partition coefficient (Wildman–Crippen LogP) is 8.24. The molecule has 1 saturated heterocycles. The Morgan fingerprint density at radius 2 is 1.32 bits per heavy atom. The zero-order valence-electron chi connectivity index (χ0n) is 34.2. The van der Waals surface area contributed by atoms with Crippen molar-refractivity contribution < 1.29 is 33.3 Å². The molecule has 2 amide bonds. The zero-order chi connectivity index (χ0) is 40.4. The van der Waals surface area contributed by atoms with Crippen molar-refractivity contribution in [3.05, 3.63) is 130 Å². The van der Waals surface area contributed by atoms with Crippen molar-refractivity contribution in [1.29, 1.82) is 0 Å². The Bertz CT molecular complexity index is 1880. The van der Waals surface area contributed by atoms with Crippen LogP contribution in [-0.4, -0.2) is 69.2 Å². The van der Waals surface area contributed by atoms with Crippen LogP contribution in [0.5, 0.6) is 11.5 Å². The molecule has 1 aliphatic heterocycles. The monoisotopic (exact) mass is 762 g/mol. The van der Waals surface area contributed by atoms with Crippen molar-refractivity contribution >= 4 is 17.8 Å². The standard InChI is InChI=1S/C47H58N2O7/c1-31(2)42-26-33(5)34(27-43(42)32(3)4)14-24-45(51)49-29-41(56-46(52)25-23-44(50)48-6)28-38(49)30-55-47(35-12-10-9-11-13-35,36-15-19-39(53-7)20-16-36)37-17-21-40(54-8)22-18-37/h9-13,15-22,26-27,31-32,38,41H,14,23-25,28-30H2,1-8H3,(H,48,50)/t38-,41+/m0/s1. The SMILES string of the molecule is CNC(=O)CCC(=O)O[C@@H]1C[C@@H](COC(c2ccccc2)(c2ccc(OC)cc2)c2ccc(OC)cc2)N(C(=O)CCc2cc(C(C)C)c(C(C)C)cc2C)C1. The molecule has 2 atom stereocenters. The third kappa shape index (κ3) is 9.80. The number of benzene rings is 4. The highest BCUT2D eigenvalue weighted by atomic mass is 16.5. The van der Waals surface area contributed by atoms with Crippen LogP contribution >= 0.6 is 0 Å². The first-order valence-electron chi connectivity index (χ1n) is 19.7. The Morgan fingerprint density at radius 1 is 0.768 bits per heavy atom. The molecule has 0 unspecified atom stereocenters. The summed E-state index contributed by atoms with van der Waals surface area (Å²) in [4.78, 5) is 41.0. The van der Waals surface area contributed by atoms with Gasteiger partial charge in [0, 0.05) is 26.3 Å². The van der Waals surface area contributed by atoms with Gasteiger partial charge in [0.1, 0.15) is 23.2 Å². The topological polar surface area (TPSA) is 103 Å². The number of hydrogen-bond donors (Lipinski definition) is 1. The molecule has 5 rings (SSSR count). The number of carbonyl (C=O) groups excluding carboxylic acids is 3. The molecule has 298 valence electrons. The molecule has 0 saturated carbocycles. The maximum absolute atomic E-state index is 14.3. The third-order valence-electron chi connectivity index (χ3n) is 10.9. The molecule has 56 heavy (non-hydrogen) atoms. The largest absolute Gasteiger partial charge is 0.497 e. The lowest BCUT2D eigenvalue weighted by molar-refractivity contribution is -0.150. The maximum Gasteiger partial charge on any atom is 0.306 e. The summed E-state index contributed by atoms with van der Waals surface area (Å²) in [5, 5.41) is 2.55. The van der Waals surface area contributed by atoms with Crippen molar-refractivity contribution in [3.8, 4) is 11.5 Å². The molecule has 1 fully saturated rings. The van der Waals surface area contributed by atoms with E-state index in [0.717, 1.165) is 22.3 Å². The third-order valence-corrected chi connectivity index (χ3v) is 10.9. The second-order valence-corrected chi connectivity index (χ2v) is 15.3. The number of esters is 1. The minimum atomic E-state index is -1.08. The smallest absolute Gasteiger partial charge is 0.306 e. The molecule has 4 aromatic carbocycles. The fourth-order valence-corrected chi connectivity index (χ4v) is 7.75. The molecular weight excluding hydrogens is 705 g/mol. The molecule has 0 radical (unpaired) electrons. The van der Waals surface area contributed by atoms with Crippen LogP contribution in [0.1, 0.15) is 104 Å². The van der Waals surface area contributed by atoms with Gasteiger partial charge in [-0.25, -0.2) is 0 Å². The van der Waals surface area contributed by atoms with Gasteiger partial charge < -0.3 is 29.2 Å². The van der Waals surface area contributed by atoms with E-state index in [2.05, 4.69) is 52.1 Å². The number of nitrogens with zero attached hydrogens (tertiary/aromatic N) is 1. The van der Waals surface area contributed by atoms with E-state index in [9.17, 15) is 14.4 Å². The van der Waals surface area contributed by atoms with Crippen LogP contribution < -0.4 is 14.8 Å². The average molecular weight is 763 g/mol. The highest BCUT2D eigenvalue weighted by Gasteiger charge is 2.42. The van der Waals surface area contributed by atoms with Crippen molar-refractivity contribution in [1.82, 2.24) is 10.2 Å². The molecule has 0 bridgehead atoms. The molecule has 4 aromatic rings. The predicted molar refractivity (Wildman–Crippen MR) is 219 cm³/mol. The number of ether oxygens (including phenoxy) is 4. The van der Waals surface area contributed by atoms with E-state index in [-0.39, 0.29) is 37.8 Å². The van der Waals surface area contributed by atoms with Gasteiger partial charge in [0.15, 0.2) is 0 Å². The fraction of sp³-hybridized carbons (Fsp3) is 0.426. The van der Waals surface area contributed by atoms with Crippen LogP contribution in [-0.2, 0) is 35.9 Å². The molecule has 0 spiro atoms. The first-order chi connectivity index (χ1) is 26.9. The number of aryl methyl sites for hydroxylation is 2. The summed E-state index contributed by atoms with van der Waals surface area (Å²) < 4.78 is 24.2. The van der Waals surface area contributed by atoms with Crippen molar-refractivity contribution in [3.63, 3.8) is 0 Å². The van der Waals surface area contributed by atoms with Gasteiger partial charge in [0.25, 0.3) is 0 Å². The Kier molecular flexibility index (Phi) is 14.4. The van der Waals surface area contributed by atoms with E-state index in [4.69, 9.17) is 18.9 Å². The molecular formula is C47H58N2O7. The van der Waals surface area contributed by atoms with Gasteiger partial charge in [-0.3, -0.25) is 14.4 Å². The van der Waals surface area contributed by atoms with Crippen LogP contribution in [0.25, 0.3) is 0 Å². The van der Waals surface area contributed by atoms with Gasteiger partial charge in [-0.1, -0.05) is 94.4 Å². The molecule has 1 aliphatic rings. The van der Waals surface area contributed by atoms with Crippen LogP contribution in [0.2, 0.25) is 0 Å². The van der Waals surface area contributed by atoms with Gasteiger partial charge in [0.2, 0.25) is 11.8 Å². The van der Waals surface area contributed by atoms with Crippen LogP contribution in [0, 0.1) is 6.92 Å². The summed E-state index contributed by atoms with van der Waals surface area (Å²) >= 11 is 0. The number of likely N-dealkylation sites (tertiary alicyclic amines) is 1. The summed E-state index contributed by atoms with van der Waals surface area (Å²) in [7, 11) is 4.81. The lowest BCUT2D eigenvalue weighted by Crippen LogP contribution is -2.42. The summed E-state index contributed by atoms with van der Waals surface area (Å²) in [5.41, 5.74) is 6.59. The van der Waals surface area contributed by atoms with Crippen molar-refractivity contribution in [2.45, 2.75) is 96.3 Å². The Hall–Kier alpha value is -5.15. The zero-order valence-corrected chi connectivity index (χ0v) is 34.2. The number of nitrogens with one attached hydrogen (secondary N) is 1. The van der Waals surface area contributed by atoms with E-state index in [0.29, 0.717) is 42.6 Å². The van der Waals surface area contributed by atoms with Gasteiger partial charge in [-0.05, 0) is 88.4 Å². The first-order valence-corrected chi connectivity index (χ1v) is 19.7. The Balaban J connectivity index is 1.48. The fourth-order valence-electron chi connectivity index (χ4n) is 7.75. The second-order valence-electron chi connectivity index (χ2n) is 15.3. The van der Waals surface area contributed by atoms with E-state index in [1.54, 1.807) is 14.2 Å². The lowest BCUT2D eigenvalue weighted by Gasteiger charge is -2.38. The van der Waals surface area contributed by atoms with E-state index in [1.807, 2.05) is 83.8 Å². The minimum Gasteiger partial charge on any atom is -0.497 e. The van der Waals surface area contributed by atoms with E-state index >= 15 is 0 Å². The summed E-state index contributed by atoms with van der Waals surface area (Å²) in [6.07, 6.45) is 0.739.